The molecule has 1 atom stereocenters. The molecule has 1 heterocycles. The topological polar surface area (TPSA) is 44.4 Å². The minimum Gasteiger partial charge on any atom is -0.350 e. The molecule has 2 rings (SSSR count). The van der Waals surface area contributed by atoms with Crippen molar-refractivity contribution in [2.45, 2.75) is 12.5 Å². The molecule has 0 saturated heterocycles. The summed E-state index contributed by atoms with van der Waals surface area (Å²) < 4.78 is 0. The number of amides is 1. The molecule has 1 amide bonds. The Morgan fingerprint density at radius 1 is 1.22 bits per heavy atom. The van der Waals surface area contributed by atoms with Gasteiger partial charge in [0.1, 0.15) is 0 Å². The molecule has 4 nitrogen and oxygen atoms in total. The lowest BCUT2D eigenvalue weighted by molar-refractivity contribution is 0.0941. The van der Waals surface area contributed by atoms with E-state index in [1.807, 2.05) is 51.5 Å². The lowest BCUT2D eigenvalue weighted by Gasteiger charge is -2.23. The van der Waals surface area contributed by atoms with E-state index in [0.29, 0.717) is 6.54 Å². The van der Waals surface area contributed by atoms with E-state index in [1.54, 1.807) is 11.3 Å². The van der Waals surface area contributed by atoms with Gasteiger partial charge in [-0.15, -0.1) is 11.3 Å². The van der Waals surface area contributed by atoms with Crippen molar-refractivity contribution < 1.29 is 4.79 Å². The first-order valence-electron chi connectivity index (χ1n) is 7.84. The summed E-state index contributed by atoms with van der Waals surface area (Å²) in [5, 5.41) is 8.29. The summed E-state index contributed by atoms with van der Waals surface area (Å²) in [7, 11) is 6.00. The van der Waals surface area contributed by atoms with E-state index in [1.165, 1.54) is 4.88 Å². The normalized spacial score (nSPS) is 12.3. The number of nitrogens with zero attached hydrogens (tertiary/aromatic N) is 1. The Morgan fingerprint density at radius 3 is 2.65 bits per heavy atom. The van der Waals surface area contributed by atoms with Crippen molar-refractivity contribution >= 4 is 17.2 Å². The zero-order valence-electron chi connectivity index (χ0n) is 14.0. The van der Waals surface area contributed by atoms with Crippen LogP contribution in [0.15, 0.2) is 41.8 Å². The van der Waals surface area contributed by atoms with Crippen LogP contribution in [0.5, 0.6) is 0 Å². The molecule has 2 N–H and O–H groups in total. The number of carbonyl (C=O) groups is 1. The smallest absolute Gasteiger partial charge is 0.251 e. The van der Waals surface area contributed by atoms with Gasteiger partial charge in [-0.3, -0.25) is 4.79 Å². The van der Waals surface area contributed by atoms with E-state index in [0.717, 1.165) is 24.1 Å². The predicted molar refractivity (Wildman–Crippen MR) is 97.2 cm³/mol. The first-order chi connectivity index (χ1) is 11.1. The highest BCUT2D eigenvalue weighted by Crippen LogP contribution is 2.22. The van der Waals surface area contributed by atoms with Crippen LogP contribution in [-0.4, -0.2) is 45.0 Å². The van der Waals surface area contributed by atoms with Crippen LogP contribution in [-0.2, 0) is 6.42 Å². The van der Waals surface area contributed by atoms with E-state index < -0.39 is 0 Å². The molecule has 1 aromatic carbocycles. The van der Waals surface area contributed by atoms with Gasteiger partial charge < -0.3 is 15.5 Å². The maximum atomic E-state index is 12.6. The van der Waals surface area contributed by atoms with Crippen molar-refractivity contribution in [2.75, 3.05) is 34.2 Å². The fourth-order valence-corrected chi connectivity index (χ4v) is 3.45. The fraction of sp³-hybridized carbons (Fsp3) is 0.389. The summed E-state index contributed by atoms with van der Waals surface area (Å²) in [6.45, 7) is 1.46. The Hall–Kier alpha value is -1.69. The van der Waals surface area contributed by atoms with E-state index in [2.05, 4.69) is 27.0 Å². The third-order valence-electron chi connectivity index (χ3n) is 3.86. The van der Waals surface area contributed by atoms with Gasteiger partial charge in [0.25, 0.3) is 5.91 Å². The second-order valence-corrected chi connectivity index (χ2v) is 6.69. The Bertz CT molecular complexity index is 610. The van der Waals surface area contributed by atoms with E-state index in [9.17, 15) is 4.79 Å². The first kappa shape index (κ1) is 17.7. The summed E-state index contributed by atoms with van der Waals surface area (Å²) in [6.07, 6.45) is 0.849. The molecule has 0 spiro atoms. The molecule has 0 radical (unpaired) electrons. The quantitative estimate of drug-likeness (QED) is 0.781. The molecule has 0 bridgehead atoms. The Morgan fingerprint density at radius 2 is 2.00 bits per heavy atom. The van der Waals surface area contributed by atoms with Gasteiger partial charge in [0, 0.05) is 17.0 Å². The Labute approximate surface area is 142 Å². The van der Waals surface area contributed by atoms with Gasteiger partial charge in [-0.25, -0.2) is 0 Å². The van der Waals surface area contributed by atoms with Crippen LogP contribution in [0.4, 0.5) is 0 Å². The fourth-order valence-electron chi connectivity index (χ4n) is 2.52. The zero-order chi connectivity index (χ0) is 16.7. The summed E-state index contributed by atoms with van der Waals surface area (Å²) in [5.74, 6) is 0.000101. The molecule has 1 unspecified atom stereocenters. The van der Waals surface area contributed by atoms with E-state index in [-0.39, 0.29) is 11.9 Å². The molecule has 0 fully saturated rings. The monoisotopic (exact) mass is 331 g/mol. The van der Waals surface area contributed by atoms with Gasteiger partial charge in [-0.1, -0.05) is 24.3 Å². The largest absolute Gasteiger partial charge is 0.350 e. The van der Waals surface area contributed by atoms with Crippen molar-refractivity contribution in [2.24, 2.45) is 0 Å². The molecule has 0 aliphatic rings. The molecule has 23 heavy (non-hydrogen) atoms. The van der Waals surface area contributed by atoms with Crippen molar-refractivity contribution in [1.29, 1.82) is 0 Å². The van der Waals surface area contributed by atoms with Crippen molar-refractivity contribution in [3.05, 3.63) is 57.8 Å². The third kappa shape index (κ3) is 4.89. The standard InChI is InChI=1S/C18H25N3OS/c1-19-11-10-14-7-4-5-8-15(14)18(22)20-13-16(21(2)3)17-9-6-12-23-17/h4-9,12,16,19H,10-11,13H2,1-3H3,(H,20,22). The van der Waals surface area contributed by atoms with Crippen LogP contribution < -0.4 is 10.6 Å². The highest BCUT2D eigenvalue weighted by Gasteiger charge is 2.17. The molecule has 0 aliphatic carbocycles. The van der Waals surface area contributed by atoms with Gasteiger partial charge in [-0.2, -0.15) is 0 Å². The average molecular weight is 331 g/mol. The number of benzene rings is 1. The highest BCUT2D eigenvalue weighted by molar-refractivity contribution is 7.10. The lowest BCUT2D eigenvalue weighted by Crippen LogP contribution is -2.34. The van der Waals surface area contributed by atoms with Gasteiger partial charge in [0.2, 0.25) is 0 Å². The number of thiophene rings is 1. The SMILES string of the molecule is CNCCc1ccccc1C(=O)NCC(c1cccs1)N(C)C. The zero-order valence-corrected chi connectivity index (χ0v) is 14.8. The molecule has 2 aromatic rings. The maximum Gasteiger partial charge on any atom is 0.251 e. The van der Waals surface area contributed by atoms with Crippen LogP contribution >= 0.6 is 11.3 Å². The molecule has 0 saturated carbocycles. The maximum absolute atomic E-state index is 12.6. The minimum absolute atomic E-state index is 0.000101. The van der Waals surface area contributed by atoms with Crippen LogP contribution in [0, 0.1) is 0 Å². The average Bonchev–Trinajstić information content (AvgIpc) is 3.07. The van der Waals surface area contributed by atoms with Gasteiger partial charge >= 0.3 is 0 Å². The van der Waals surface area contributed by atoms with Gasteiger partial charge in [0.05, 0.1) is 6.04 Å². The third-order valence-corrected chi connectivity index (χ3v) is 4.83. The second-order valence-electron chi connectivity index (χ2n) is 5.72. The Balaban J connectivity index is 2.04. The number of hydrogen-bond donors (Lipinski definition) is 2. The molecule has 0 aliphatic heterocycles. The highest BCUT2D eigenvalue weighted by atomic mass is 32.1. The second kappa shape index (κ2) is 8.82. The van der Waals surface area contributed by atoms with Crippen molar-refractivity contribution in [3.63, 3.8) is 0 Å². The lowest BCUT2D eigenvalue weighted by atomic mass is 10.0. The summed E-state index contributed by atoms with van der Waals surface area (Å²) in [5.41, 5.74) is 1.85. The van der Waals surface area contributed by atoms with Crippen LogP contribution in [0.25, 0.3) is 0 Å². The van der Waals surface area contributed by atoms with Gasteiger partial charge in [0.15, 0.2) is 0 Å². The van der Waals surface area contributed by atoms with Crippen LogP contribution in [0.2, 0.25) is 0 Å². The molecular formula is C18H25N3OS. The molecule has 124 valence electrons. The van der Waals surface area contributed by atoms with Crippen molar-refractivity contribution in [3.8, 4) is 0 Å². The van der Waals surface area contributed by atoms with Gasteiger partial charge in [-0.05, 0) is 57.2 Å². The number of rotatable bonds is 8. The molecule has 1 aromatic heterocycles. The summed E-state index contributed by atoms with van der Waals surface area (Å²) >= 11 is 1.72. The molecular weight excluding hydrogens is 306 g/mol. The van der Waals surface area contributed by atoms with Crippen LogP contribution in [0.3, 0.4) is 0 Å². The number of carbonyl (C=O) groups excluding carboxylic acids is 1. The Kier molecular flexibility index (Phi) is 6.77. The van der Waals surface area contributed by atoms with E-state index in [4.69, 9.17) is 0 Å². The number of likely N-dealkylation sites (N-methyl/N-ethyl adjacent to an activating group) is 2. The molecule has 5 heteroatoms. The summed E-state index contributed by atoms with van der Waals surface area (Å²) in [6, 6.07) is 12.2. The predicted octanol–water partition coefficient (Wildman–Crippen LogP) is 2.54. The summed E-state index contributed by atoms with van der Waals surface area (Å²) in [4.78, 5) is 16.0. The number of nitrogens with one attached hydrogen (secondary N) is 2. The first-order valence-corrected chi connectivity index (χ1v) is 8.72. The van der Waals surface area contributed by atoms with E-state index >= 15 is 0 Å². The van der Waals surface area contributed by atoms with Crippen molar-refractivity contribution in [1.82, 2.24) is 15.5 Å². The minimum atomic E-state index is 0.000101. The van der Waals surface area contributed by atoms with Crippen LogP contribution in [0.1, 0.15) is 26.8 Å². The number of hydrogen-bond acceptors (Lipinski definition) is 4.